The van der Waals surface area contributed by atoms with Gasteiger partial charge in [-0.05, 0) is 31.0 Å². The molecule has 0 aliphatic carbocycles. The van der Waals surface area contributed by atoms with Gasteiger partial charge in [0.15, 0.2) is 16.8 Å². The number of carbonyl (C=O) groups is 2. The van der Waals surface area contributed by atoms with Crippen LogP contribution in [0, 0.1) is 0 Å². The summed E-state index contributed by atoms with van der Waals surface area (Å²) in [4.78, 5) is 28.0. The second-order valence-electron chi connectivity index (χ2n) is 7.00. The van der Waals surface area contributed by atoms with E-state index in [2.05, 4.69) is 27.1 Å². The largest absolute Gasteiger partial charge is 0.356 e. The summed E-state index contributed by atoms with van der Waals surface area (Å²) in [5.74, 6) is 0.694. The van der Waals surface area contributed by atoms with Crippen LogP contribution in [0.5, 0.6) is 0 Å². The van der Waals surface area contributed by atoms with E-state index >= 15 is 0 Å². The summed E-state index contributed by atoms with van der Waals surface area (Å²) in [5, 5.41) is 11.7. The van der Waals surface area contributed by atoms with Crippen LogP contribution in [0.1, 0.15) is 29.8 Å². The quantitative estimate of drug-likeness (QED) is 0.297. The lowest BCUT2D eigenvalue weighted by Gasteiger charge is -2.12. The van der Waals surface area contributed by atoms with Crippen LogP contribution in [0.25, 0.3) is 11.4 Å². The number of hydrogen-bond donors (Lipinski definition) is 1. The van der Waals surface area contributed by atoms with Gasteiger partial charge >= 0.3 is 0 Å². The summed E-state index contributed by atoms with van der Waals surface area (Å²) in [6.45, 7) is 8.31. The summed E-state index contributed by atoms with van der Waals surface area (Å²) in [6, 6.07) is 11.3. The SMILES string of the molecule is C=CCn1c(SC(C)C(=O)c2ccc(CCNC(C)=O)cc2)nnc1-c1ccncc1. The molecule has 0 bridgehead atoms. The van der Waals surface area contributed by atoms with Gasteiger partial charge in [0, 0.05) is 43.5 Å². The maximum atomic E-state index is 12.9. The Balaban J connectivity index is 1.70. The molecule has 1 atom stereocenters. The van der Waals surface area contributed by atoms with Crippen LogP contribution in [-0.4, -0.2) is 43.2 Å². The average molecular weight is 436 g/mol. The predicted molar refractivity (Wildman–Crippen MR) is 122 cm³/mol. The molecule has 0 aliphatic rings. The van der Waals surface area contributed by atoms with Crippen molar-refractivity contribution >= 4 is 23.5 Å². The molecule has 0 spiro atoms. The number of pyridine rings is 1. The fourth-order valence-electron chi connectivity index (χ4n) is 3.05. The van der Waals surface area contributed by atoms with Gasteiger partial charge in [-0.2, -0.15) is 0 Å². The van der Waals surface area contributed by atoms with Crippen molar-refractivity contribution in [1.82, 2.24) is 25.1 Å². The van der Waals surface area contributed by atoms with Gasteiger partial charge in [-0.1, -0.05) is 42.1 Å². The van der Waals surface area contributed by atoms with Crippen LogP contribution in [-0.2, 0) is 17.8 Å². The fraction of sp³-hybridized carbons (Fsp3) is 0.261. The highest BCUT2D eigenvalue weighted by atomic mass is 32.2. The van der Waals surface area contributed by atoms with Crippen LogP contribution in [0.3, 0.4) is 0 Å². The molecule has 31 heavy (non-hydrogen) atoms. The number of hydrogen-bond acceptors (Lipinski definition) is 6. The first-order chi connectivity index (χ1) is 15.0. The zero-order valence-corrected chi connectivity index (χ0v) is 18.4. The Kier molecular flexibility index (Phi) is 7.72. The number of amides is 1. The third kappa shape index (κ3) is 5.88. The molecule has 7 nitrogen and oxygen atoms in total. The van der Waals surface area contributed by atoms with Crippen molar-refractivity contribution < 1.29 is 9.59 Å². The number of carbonyl (C=O) groups excluding carboxylic acids is 2. The summed E-state index contributed by atoms with van der Waals surface area (Å²) in [6.07, 6.45) is 5.92. The Bertz CT molecular complexity index is 1050. The number of benzene rings is 1. The van der Waals surface area contributed by atoms with E-state index in [-0.39, 0.29) is 16.9 Å². The van der Waals surface area contributed by atoms with Crippen molar-refractivity contribution in [2.75, 3.05) is 6.54 Å². The molecule has 2 aromatic heterocycles. The number of nitrogens with one attached hydrogen (secondary N) is 1. The normalized spacial score (nSPS) is 11.7. The molecule has 0 saturated heterocycles. The highest BCUT2D eigenvalue weighted by Gasteiger charge is 2.21. The minimum Gasteiger partial charge on any atom is -0.356 e. The van der Waals surface area contributed by atoms with Crippen molar-refractivity contribution in [1.29, 1.82) is 0 Å². The third-order valence-corrected chi connectivity index (χ3v) is 5.73. The van der Waals surface area contributed by atoms with Crippen LogP contribution < -0.4 is 5.32 Å². The molecule has 3 rings (SSSR count). The second-order valence-corrected chi connectivity index (χ2v) is 8.30. The lowest BCUT2D eigenvalue weighted by atomic mass is 10.0. The maximum absolute atomic E-state index is 12.9. The molecule has 1 amide bonds. The molecule has 0 aliphatic heterocycles. The summed E-state index contributed by atoms with van der Waals surface area (Å²) < 4.78 is 1.95. The minimum absolute atomic E-state index is 0.0250. The molecule has 0 fully saturated rings. The number of Topliss-reactive ketones (excluding diaryl/α,β-unsaturated/α-hetero) is 1. The van der Waals surface area contributed by atoms with Crippen molar-refractivity contribution in [3.8, 4) is 11.4 Å². The van der Waals surface area contributed by atoms with E-state index in [1.165, 1.54) is 18.7 Å². The zero-order valence-electron chi connectivity index (χ0n) is 17.6. The van der Waals surface area contributed by atoms with E-state index in [4.69, 9.17) is 0 Å². The monoisotopic (exact) mass is 435 g/mol. The van der Waals surface area contributed by atoms with Crippen LogP contribution in [0.4, 0.5) is 0 Å². The van der Waals surface area contributed by atoms with Gasteiger partial charge in [0.05, 0.1) is 5.25 Å². The first-order valence-electron chi connectivity index (χ1n) is 9.98. The summed E-state index contributed by atoms with van der Waals surface area (Å²) >= 11 is 1.38. The van der Waals surface area contributed by atoms with E-state index in [1.54, 1.807) is 18.5 Å². The van der Waals surface area contributed by atoms with E-state index in [0.29, 0.717) is 29.6 Å². The third-order valence-electron chi connectivity index (χ3n) is 4.64. The molecular weight excluding hydrogens is 410 g/mol. The molecule has 0 radical (unpaired) electrons. The Morgan fingerprint density at radius 3 is 2.52 bits per heavy atom. The summed E-state index contributed by atoms with van der Waals surface area (Å²) in [5.41, 5.74) is 2.62. The van der Waals surface area contributed by atoms with E-state index < -0.39 is 0 Å². The molecule has 1 unspecified atom stereocenters. The Morgan fingerprint density at radius 2 is 1.87 bits per heavy atom. The van der Waals surface area contributed by atoms with Crippen LogP contribution in [0.2, 0.25) is 0 Å². The zero-order chi connectivity index (χ0) is 22.2. The van der Waals surface area contributed by atoms with Crippen LogP contribution in [0.15, 0.2) is 66.6 Å². The van der Waals surface area contributed by atoms with E-state index in [0.717, 1.165) is 17.5 Å². The molecular formula is C23H25N5O2S. The fourth-order valence-corrected chi connectivity index (χ4v) is 3.98. The first-order valence-corrected chi connectivity index (χ1v) is 10.9. The van der Waals surface area contributed by atoms with Crippen molar-refractivity contribution in [2.24, 2.45) is 0 Å². The number of ketones is 1. The number of nitrogens with zero attached hydrogens (tertiary/aromatic N) is 4. The maximum Gasteiger partial charge on any atom is 0.216 e. The topological polar surface area (TPSA) is 89.8 Å². The lowest BCUT2D eigenvalue weighted by molar-refractivity contribution is -0.118. The Hall–Kier alpha value is -3.26. The molecule has 3 aromatic rings. The second kappa shape index (κ2) is 10.7. The highest BCUT2D eigenvalue weighted by Crippen LogP contribution is 2.28. The van der Waals surface area contributed by atoms with Gasteiger partial charge in [-0.3, -0.25) is 19.1 Å². The number of rotatable bonds is 10. The Labute approximate surface area is 186 Å². The van der Waals surface area contributed by atoms with Gasteiger partial charge in [-0.25, -0.2) is 0 Å². The minimum atomic E-state index is -0.330. The van der Waals surface area contributed by atoms with Crippen LogP contribution >= 0.6 is 11.8 Å². The van der Waals surface area contributed by atoms with Gasteiger partial charge < -0.3 is 5.32 Å². The van der Waals surface area contributed by atoms with Crippen molar-refractivity contribution in [3.05, 3.63) is 72.6 Å². The van der Waals surface area contributed by atoms with E-state index in [1.807, 2.05) is 47.9 Å². The molecule has 2 heterocycles. The standard InChI is InChI=1S/C23H25N5O2S/c1-4-15-28-22(20-10-12-24-13-11-20)26-27-23(28)31-16(2)21(30)19-7-5-18(6-8-19)9-14-25-17(3)29/h4-8,10-13,16H,1,9,14-15H2,2-3H3,(H,25,29). The van der Waals surface area contributed by atoms with Crippen molar-refractivity contribution in [3.63, 3.8) is 0 Å². The van der Waals surface area contributed by atoms with Gasteiger partial charge in [-0.15, -0.1) is 16.8 Å². The van der Waals surface area contributed by atoms with Crippen molar-refractivity contribution in [2.45, 2.75) is 37.2 Å². The lowest BCUT2D eigenvalue weighted by Crippen LogP contribution is -2.22. The molecule has 0 saturated carbocycles. The van der Waals surface area contributed by atoms with Gasteiger partial charge in [0.2, 0.25) is 5.91 Å². The van der Waals surface area contributed by atoms with Gasteiger partial charge in [0.25, 0.3) is 0 Å². The smallest absolute Gasteiger partial charge is 0.216 e. The summed E-state index contributed by atoms with van der Waals surface area (Å²) in [7, 11) is 0. The number of thioether (sulfide) groups is 1. The van der Waals surface area contributed by atoms with E-state index in [9.17, 15) is 9.59 Å². The molecule has 8 heteroatoms. The number of aromatic nitrogens is 4. The first kappa shape index (κ1) is 22.4. The molecule has 1 N–H and O–H groups in total. The molecule has 160 valence electrons. The Morgan fingerprint density at radius 1 is 1.16 bits per heavy atom. The van der Waals surface area contributed by atoms with Gasteiger partial charge in [0.1, 0.15) is 0 Å². The predicted octanol–water partition coefficient (Wildman–Crippen LogP) is 3.57. The average Bonchev–Trinajstić information content (AvgIpc) is 3.16. The molecule has 1 aromatic carbocycles. The highest BCUT2D eigenvalue weighted by molar-refractivity contribution is 8.00. The number of allylic oxidation sites excluding steroid dienone is 1.